The molecule has 1 N–H and O–H groups in total. The average Bonchev–Trinajstić information content (AvgIpc) is 2.60. The summed E-state index contributed by atoms with van der Waals surface area (Å²) in [5.74, 6) is 1.21. The van der Waals surface area contributed by atoms with E-state index in [0.29, 0.717) is 23.9 Å². The smallest absolute Gasteiger partial charge is 0.261 e. The Morgan fingerprint density at radius 3 is 2.42 bits per heavy atom. The SMILES string of the molecule is C=CCNC(=O)C(C)Oc1ccc(COc2ccc(Cl)cc2)cc1. The number of hydrogen-bond donors (Lipinski definition) is 1. The van der Waals surface area contributed by atoms with Crippen LogP contribution in [0.2, 0.25) is 5.02 Å². The van der Waals surface area contributed by atoms with Gasteiger partial charge in [-0.3, -0.25) is 4.79 Å². The molecular formula is C19H20ClNO3. The summed E-state index contributed by atoms with van der Waals surface area (Å²) in [4.78, 5) is 11.7. The van der Waals surface area contributed by atoms with E-state index < -0.39 is 6.10 Å². The molecule has 0 spiro atoms. The maximum absolute atomic E-state index is 11.7. The fourth-order valence-corrected chi connectivity index (χ4v) is 2.06. The van der Waals surface area contributed by atoms with Crippen molar-refractivity contribution in [3.63, 3.8) is 0 Å². The molecule has 0 bridgehead atoms. The van der Waals surface area contributed by atoms with E-state index in [0.717, 1.165) is 11.3 Å². The third-order valence-electron chi connectivity index (χ3n) is 3.25. The molecule has 0 aliphatic carbocycles. The van der Waals surface area contributed by atoms with Crippen molar-refractivity contribution in [3.05, 3.63) is 71.8 Å². The molecule has 1 amide bonds. The molecule has 0 aromatic heterocycles. The first-order valence-corrected chi connectivity index (χ1v) is 7.99. The maximum atomic E-state index is 11.7. The summed E-state index contributed by atoms with van der Waals surface area (Å²) in [6.45, 7) is 6.13. The zero-order valence-electron chi connectivity index (χ0n) is 13.5. The van der Waals surface area contributed by atoms with Crippen LogP contribution in [0.4, 0.5) is 0 Å². The van der Waals surface area contributed by atoms with Gasteiger partial charge >= 0.3 is 0 Å². The molecule has 0 radical (unpaired) electrons. The van der Waals surface area contributed by atoms with Gasteiger partial charge in [0.25, 0.3) is 5.91 Å². The molecule has 0 saturated heterocycles. The lowest BCUT2D eigenvalue weighted by Gasteiger charge is -2.14. The fraction of sp³-hybridized carbons (Fsp3) is 0.211. The first kappa shape index (κ1) is 17.9. The van der Waals surface area contributed by atoms with Crippen LogP contribution in [-0.2, 0) is 11.4 Å². The van der Waals surface area contributed by atoms with E-state index in [1.807, 2.05) is 36.4 Å². The second kappa shape index (κ2) is 8.99. The molecule has 24 heavy (non-hydrogen) atoms. The molecule has 126 valence electrons. The van der Waals surface area contributed by atoms with E-state index in [4.69, 9.17) is 21.1 Å². The summed E-state index contributed by atoms with van der Waals surface area (Å²) in [5, 5.41) is 3.37. The molecule has 1 unspecified atom stereocenters. The molecule has 0 aliphatic rings. The second-order valence-electron chi connectivity index (χ2n) is 5.18. The first-order chi connectivity index (χ1) is 11.6. The number of nitrogens with one attached hydrogen (secondary N) is 1. The van der Waals surface area contributed by atoms with E-state index >= 15 is 0 Å². The molecule has 0 heterocycles. The number of carbonyl (C=O) groups is 1. The summed E-state index contributed by atoms with van der Waals surface area (Å²) in [7, 11) is 0. The summed E-state index contributed by atoms with van der Waals surface area (Å²) in [5.41, 5.74) is 1.00. The molecule has 1 atom stereocenters. The molecule has 2 aromatic rings. The van der Waals surface area contributed by atoms with Crippen molar-refractivity contribution >= 4 is 17.5 Å². The molecule has 0 saturated carbocycles. The molecule has 2 rings (SSSR count). The number of halogens is 1. The normalized spacial score (nSPS) is 11.4. The van der Waals surface area contributed by atoms with E-state index in [9.17, 15) is 4.79 Å². The van der Waals surface area contributed by atoms with Gasteiger partial charge in [-0.15, -0.1) is 6.58 Å². The maximum Gasteiger partial charge on any atom is 0.261 e. The Morgan fingerprint density at radius 1 is 1.17 bits per heavy atom. The molecular weight excluding hydrogens is 326 g/mol. The third kappa shape index (κ3) is 5.63. The van der Waals surface area contributed by atoms with Crippen LogP contribution in [0.5, 0.6) is 11.5 Å². The lowest BCUT2D eigenvalue weighted by molar-refractivity contribution is -0.127. The van der Waals surface area contributed by atoms with Crippen molar-refractivity contribution in [3.8, 4) is 11.5 Å². The second-order valence-corrected chi connectivity index (χ2v) is 5.62. The Labute approximate surface area is 147 Å². The Kier molecular flexibility index (Phi) is 6.70. The Morgan fingerprint density at radius 2 is 1.79 bits per heavy atom. The van der Waals surface area contributed by atoms with Gasteiger partial charge in [-0.1, -0.05) is 29.8 Å². The number of rotatable bonds is 8. The average molecular weight is 346 g/mol. The predicted molar refractivity (Wildman–Crippen MR) is 95.5 cm³/mol. The van der Waals surface area contributed by atoms with Crippen LogP contribution in [0.15, 0.2) is 61.2 Å². The van der Waals surface area contributed by atoms with Crippen molar-refractivity contribution < 1.29 is 14.3 Å². The predicted octanol–water partition coefficient (Wildman–Crippen LogP) is 3.99. The van der Waals surface area contributed by atoms with Crippen LogP contribution < -0.4 is 14.8 Å². The van der Waals surface area contributed by atoms with Gasteiger partial charge in [0.05, 0.1) is 0 Å². The quantitative estimate of drug-likeness (QED) is 0.736. The molecule has 0 fully saturated rings. The first-order valence-electron chi connectivity index (χ1n) is 7.61. The third-order valence-corrected chi connectivity index (χ3v) is 3.50. The highest BCUT2D eigenvalue weighted by Gasteiger charge is 2.13. The van der Waals surface area contributed by atoms with Gasteiger partial charge in [-0.2, -0.15) is 0 Å². The van der Waals surface area contributed by atoms with Crippen LogP contribution in [0.25, 0.3) is 0 Å². The highest BCUT2D eigenvalue weighted by Crippen LogP contribution is 2.18. The Hall–Kier alpha value is -2.46. The largest absolute Gasteiger partial charge is 0.489 e. The van der Waals surface area contributed by atoms with Gasteiger partial charge in [0.1, 0.15) is 18.1 Å². The zero-order valence-corrected chi connectivity index (χ0v) is 14.3. The van der Waals surface area contributed by atoms with E-state index in [-0.39, 0.29) is 5.91 Å². The van der Waals surface area contributed by atoms with Crippen molar-refractivity contribution in [1.82, 2.24) is 5.32 Å². The monoisotopic (exact) mass is 345 g/mol. The molecule has 4 nitrogen and oxygen atoms in total. The van der Waals surface area contributed by atoms with Crippen LogP contribution >= 0.6 is 11.6 Å². The fourth-order valence-electron chi connectivity index (χ4n) is 1.94. The van der Waals surface area contributed by atoms with Crippen molar-refractivity contribution in [2.75, 3.05) is 6.54 Å². The number of benzene rings is 2. The Balaban J connectivity index is 1.84. The molecule has 0 aliphatic heterocycles. The highest BCUT2D eigenvalue weighted by atomic mass is 35.5. The standard InChI is InChI=1S/C19H20ClNO3/c1-3-12-21-19(22)14(2)24-18-8-4-15(5-9-18)13-23-17-10-6-16(20)7-11-17/h3-11,14H,1,12-13H2,2H3,(H,21,22). The van der Waals surface area contributed by atoms with Crippen LogP contribution in [-0.4, -0.2) is 18.6 Å². The highest BCUT2D eigenvalue weighted by molar-refractivity contribution is 6.30. The summed E-state index contributed by atoms with van der Waals surface area (Å²) < 4.78 is 11.3. The summed E-state index contributed by atoms with van der Waals surface area (Å²) in [6.07, 6.45) is 1.06. The topological polar surface area (TPSA) is 47.6 Å². The zero-order chi connectivity index (χ0) is 17.4. The minimum atomic E-state index is -0.568. The lowest BCUT2D eigenvalue weighted by Crippen LogP contribution is -2.36. The minimum Gasteiger partial charge on any atom is -0.489 e. The van der Waals surface area contributed by atoms with Crippen LogP contribution in [0, 0.1) is 0 Å². The Bertz CT molecular complexity index is 668. The van der Waals surface area contributed by atoms with Crippen LogP contribution in [0.3, 0.4) is 0 Å². The van der Waals surface area contributed by atoms with Crippen molar-refractivity contribution in [2.24, 2.45) is 0 Å². The molecule has 2 aromatic carbocycles. The van der Waals surface area contributed by atoms with E-state index in [1.165, 1.54) is 0 Å². The van der Waals surface area contributed by atoms with Gasteiger partial charge in [0, 0.05) is 11.6 Å². The number of ether oxygens (including phenoxy) is 2. The molecule has 5 heteroatoms. The van der Waals surface area contributed by atoms with Crippen LogP contribution in [0.1, 0.15) is 12.5 Å². The summed E-state index contributed by atoms with van der Waals surface area (Å²) in [6, 6.07) is 14.7. The van der Waals surface area contributed by atoms with Gasteiger partial charge < -0.3 is 14.8 Å². The summed E-state index contributed by atoms with van der Waals surface area (Å²) >= 11 is 5.84. The van der Waals surface area contributed by atoms with Crippen molar-refractivity contribution in [2.45, 2.75) is 19.6 Å². The van der Waals surface area contributed by atoms with Gasteiger partial charge in [0.15, 0.2) is 6.10 Å². The lowest BCUT2D eigenvalue weighted by atomic mass is 10.2. The van der Waals surface area contributed by atoms with Gasteiger partial charge in [-0.05, 0) is 48.9 Å². The van der Waals surface area contributed by atoms with Crippen molar-refractivity contribution in [1.29, 1.82) is 0 Å². The number of carbonyl (C=O) groups excluding carboxylic acids is 1. The van der Waals surface area contributed by atoms with E-state index in [1.54, 1.807) is 25.1 Å². The van der Waals surface area contributed by atoms with Gasteiger partial charge in [-0.25, -0.2) is 0 Å². The van der Waals surface area contributed by atoms with Gasteiger partial charge in [0.2, 0.25) is 0 Å². The minimum absolute atomic E-state index is 0.176. The van der Waals surface area contributed by atoms with E-state index in [2.05, 4.69) is 11.9 Å². The number of amides is 1. The number of hydrogen-bond acceptors (Lipinski definition) is 3.